The zero-order chi connectivity index (χ0) is 14.6. The van der Waals surface area contributed by atoms with Gasteiger partial charge >= 0.3 is 0 Å². The van der Waals surface area contributed by atoms with Crippen LogP contribution in [0.1, 0.15) is 11.1 Å². The lowest BCUT2D eigenvalue weighted by molar-refractivity contribution is 0.598. The van der Waals surface area contributed by atoms with E-state index in [2.05, 4.69) is 11.4 Å². The number of anilines is 1. The maximum absolute atomic E-state index is 11.1. The third kappa shape index (κ3) is 3.35. The SMILES string of the molecule is N#Cc1ccccc1CNc1ccc(S(N)(=O)=O)cc1. The van der Waals surface area contributed by atoms with E-state index >= 15 is 0 Å². The Kier molecular flexibility index (Phi) is 4.03. The van der Waals surface area contributed by atoms with Crippen molar-refractivity contribution in [2.24, 2.45) is 5.14 Å². The first-order chi connectivity index (χ1) is 9.50. The molecule has 0 aromatic heterocycles. The molecule has 2 aromatic rings. The molecule has 2 aromatic carbocycles. The van der Waals surface area contributed by atoms with Crippen LogP contribution in [-0.4, -0.2) is 8.42 Å². The monoisotopic (exact) mass is 287 g/mol. The van der Waals surface area contributed by atoms with Gasteiger partial charge in [-0.3, -0.25) is 0 Å². The molecule has 0 radical (unpaired) electrons. The molecule has 102 valence electrons. The zero-order valence-electron chi connectivity index (χ0n) is 10.6. The maximum atomic E-state index is 11.1. The molecule has 3 N–H and O–H groups in total. The summed E-state index contributed by atoms with van der Waals surface area (Å²) in [4.78, 5) is 0.0699. The van der Waals surface area contributed by atoms with Crippen LogP contribution < -0.4 is 10.5 Å². The smallest absolute Gasteiger partial charge is 0.238 e. The fraction of sp³-hybridized carbons (Fsp3) is 0.0714. The summed E-state index contributed by atoms with van der Waals surface area (Å²) < 4.78 is 22.3. The summed E-state index contributed by atoms with van der Waals surface area (Å²) in [5, 5.41) is 17.1. The molecule has 0 aliphatic heterocycles. The Balaban J connectivity index is 2.10. The molecule has 2 rings (SSSR count). The second-order valence-electron chi connectivity index (χ2n) is 4.19. The van der Waals surface area contributed by atoms with E-state index in [1.807, 2.05) is 18.2 Å². The van der Waals surface area contributed by atoms with E-state index in [4.69, 9.17) is 10.4 Å². The third-order valence-corrected chi connectivity index (χ3v) is 3.73. The first kappa shape index (κ1) is 14.1. The number of nitriles is 1. The number of hydrogen-bond acceptors (Lipinski definition) is 4. The summed E-state index contributed by atoms with van der Waals surface area (Å²) in [6, 6.07) is 15.6. The van der Waals surface area contributed by atoms with Crippen molar-refractivity contribution in [3.05, 3.63) is 59.7 Å². The van der Waals surface area contributed by atoms with Crippen LogP contribution in [0.5, 0.6) is 0 Å². The molecule has 20 heavy (non-hydrogen) atoms. The topological polar surface area (TPSA) is 96.0 Å². The number of primary sulfonamides is 1. The van der Waals surface area contributed by atoms with E-state index < -0.39 is 10.0 Å². The van der Waals surface area contributed by atoms with E-state index in [0.29, 0.717) is 12.1 Å². The number of sulfonamides is 1. The van der Waals surface area contributed by atoms with Gasteiger partial charge in [-0.05, 0) is 35.9 Å². The van der Waals surface area contributed by atoms with Crippen LogP contribution in [0.3, 0.4) is 0 Å². The largest absolute Gasteiger partial charge is 0.381 e. The highest BCUT2D eigenvalue weighted by atomic mass is 32.2. The van der Waals surface area contributed by atoms with Gasteiger partial charge in [-0.1, -0.05) is 18.2 Å². The number of nitrogens with one attached hydrogen (secondary N) is 1. The van der Waals surface area contributed by atoms with Crippen molar-refractivity contribution in [3.63, 3.8) is 0 Å². The van der Waals surface area contributed by atoms with Gasteiger partial charge in [0.15, 0.2) is 0 Å². The van der Waals surface area contributed by atoms with Gasteiger partial charge in [0.25, 0.3) is 0 Å². The van der Waals surface area contributed by atoms with Crippen molar-refractivity contribution in [2.45, 2.75) is 11.4 Å². The Bertz CT molecular complexity index is 747. The Morgan fingerprint density at radius 3 is 2.35 bits per heavy atom. The van der Waals surface area contributed by atoms with Crippen LogP contribution in [0, 0.1) is 11.3 Å². The van der Waals surface area contributed by atoms with E-state index in [0.717, 1.165) is 11.3 Å². The van der Waals surface area contributed by atoms with Crippen LogP contribution in [0.15, 0.2) is 53.4 Å². The normalized spacial score (nSPS) is 10.8. The molecule has 0 bridgehead atoms. The van der Waals surface area contributed by atoms with Crippen LogP contribution in [0.25, 0.3) is 0 Å². The van der Waals surface area contributed by atoms with Gasteiger partial charge < -0.3 is 5.32 Å². The van der Waals surface area contributed by atoms with Crippen molar-refractivity contribution >= 4 is 15.7 Å². The highest BCUT2D eigenvalue weighted by molar-refractivity contribution is 7.89. The molecule has 0 aliphatic carbocycles. The fourth-order valence-electron chi connectivity index (χ4n) is 1.74. The van der Waals surface area contributed by atoms with Crippen molar-refractivity contribution in [2.75, 3.05) is 5.32 Å². The predicted molar refractivity (Wildman–Crippen MR) is 76.3 cm³/mol. The molecule has 0 saturated carbocycles. The van der Waals surface area contributed by atoms with Crippen molar-refractivity contribution in [1.29, 1.82) is 5.26 Å². The van der Waals surface area contributed by atoms with Gasteiger partial charge in [0.2, 0.25) is 10.0 Å². The Morgan fingerprint density at radius 2 is 1.75 bits per heavy atom. The minimum Gasteiger partial charge on any atom is -0.381 e. The van der Waals surface area contributed by atoms with Gasteiger partial charge in [-0.2, -0.15) is 5.26 Å². The number of benzene rings is 2. The zero-order valence-corrected chi connectivity index (χ0v) is 11.4. The van der Waals surface area contributed by atoms with Crippen LogP contribution in [0.4, 0.5) is 5.69 Å². The molecule has 0 aliphatic rings. The molecule has 0 fully saturated rings. The number of rotatable bonds is 4. The molecule has 0 unspecified atom stereocenters. The quantitative estimate of drug-likeness (QED) is 0.896. The Labute approximate surface area is 117 Å². The average Bonchev–Trinajstić information content (AvgIpc) is 2.45. The lowest BCUT2D eigenvalue weighted by Crippen LogP contribution is -2.12. The van der Waals surface area contributed by atoms with Crippen molar-refractivity contribution < 1.29 is 8.42 Å². The standard InChI is InChI=1S/C14H13N3O2S/c15-9-11-3-1-2-4-12(11)10-17-13-5-7-14(8-6-13)20(16,18)19/h1-8,17H,10H2,(H2,16,18,19). The van der Waals surface area contributed by atoms with Crippen molar-refractivity contribution in [1.82, 2.24) is 0 Å². The molecule has 0 amide bonds. The van der Waals surface area contributed by atoms with Crippen molar-refractivity contribution in [3.8, 4) is 6.07 Å². The van der Waals surface area contributed by atoms with Gasteiger partial charge in [-0.25, -0.2) is 13.6 Å². The lowest BCUT2D eigenvalue weighted by Gasteiger charge is -2.08. The highest BCUT2D eigenvalue weighted by Crippen LogP contribution is 2.15. The second-order valence-corrected chi connectivity index (χ2v) is 5.75. The number of hydrogen-bond donors (Lipinski definition) is 2. The first-order valence-corrected chi connectivity index (χ1v) is 7.40. The molecule has 5 nitrogen and oxygen atoms in total. The summed E-state index contributed by atoms with van der Waals surface area (Å²) in [5.41, 5.74) is 2.25. The van der Waals surface area contributed by atoms with Crippen LogP contribution >= 0.6 is 0 Å². The number of nitrogens with two attached hydrogens (primary N) is 1. The summed E-state index contributed by atoms with van der Waals surface area (Å²) in [5.74, 6) is 0. The van der Waals surface area contributed by atoms with Crippen LogP contribution in [0.2, 0.25) is 0 Å². The van der Waals surface area contributed by atoms with E-state index in [1.165, 1.54) is 12.1 Å². The van der Waals surface area contributed by atoms with Gasteiger partial charge in [0, 0.05) is 12.2 Å². The maximum Gasteiger partial charge on any atom is 0.238 e. The minimum absolute atomic E-state index is 0.0699. The molecule has 6 heteroatoms. The minimum atomic E-state index is -3.67. The summed E-state index contributed by atoms with van der Waals surface area (Å²) >= 11 is 0. The van der Waals surface area contributed by atoms with Crippen LogP contribution in [-0.2, 0) is 16.6 Å². The molecule has 0 heterocycles. The van der Waals surface area contributed by atoms with Gasteiger partial charge in [0.1, 0.15) is 0 Å². The Hall–Kier alpha value is -2.36. The molecular formula is C14H13N3O2S. The Morgan fingerprint density at radius 1 is 1.10 bits per heavy atom. The summed E-state index contributed by atoms with van der Waals surface area (Å²) in [7, 11) is -3.67. The third-order valence-electron chi connectivity index (χ3n) is 2.80. The van der Waals surface area contributed by atoms with E-state index in [-0.39, 0.29) is 4.90 Å². The van der Waals surface area contributed by atoms with E-state index in [1.54, 1.807) is 18.2 Å². The van der Waals surface area contributed by atoms with E-state index in [9.17, 15) is 8.42 Å². The second kappa shape index (κ2) is 5.74. The fourth-order valence-corrected chi connectivity index (χ4v) is 2.26. The molecule has 0 spiro atoms. The molecule has 0 saturated heterocycles. The highest BCUT2D eigenvalue weighted by Gasteiger charge is 2.06. The van der Waals surface area contributed by atoms with Gasteiger partial charge in [-0.15, -0.1) is 0 Å². The lowest BCUT2D eigenvalue weighted by atomic mass is 10.1. The average molecular weight is 287 g/mol. The molecule has 0 atom stereocenters. The predicted octanol–water partition coefficient (Wildman–Crippen LogP) is 1.82. The summed E-state index contributed by atoms with van der Waals surface area (Å²) in [6.07, 6.45) is 0. The first-order valence-electron chi connectivity index (χ1n) is 5.85. The van der Waals surface area contributed by atoms with Gasteiger partial charge in [0.05, 0.1) is 16.5 Å². The summed E-state index contributed by atoms with van der Waals surface area (Å²) in [6.45, 7) is 0.485. The molecular weight excluding hydrogens is 274 g/mol. The number of nitrogens with zero attached hydrogens (tertiary/aromatic N) is 1.